The highest BCUT2D eigenvalue weighted by atomic mass is 127. The van der Waals surface area contributed by atoms with Crippen LogP contribution in [0.3, 0.4) is 0 Å². The molecule has 0 amide bonds. The molecule has 0 fully saturated rings. The van der Waals surface area contributed by atoms with Crippen molar-refractivity contribution < 1.29 is 23.0 Å². The maximum atomic E-state index is 12.2. The molecule has 1 atom stereocenters. The van der Waals surface area contributed by atoms with E-state index in [2.05, 4.69) is 20.4 Å². The van der Waals surface area contributed by atoms with E-state index in [-0.39, 0.29) is 36.3 Å². The normalized spacial score (nSPS) is 12.5. The highest BCUT2D eigenvalue weighted by molar-refractivity contribution is 14.0. The Balaban J connectivity index is 0.00000320. The minimum absolute atomic E-state index is 0. The Morgan fingerprint density at radius 2 is 1.87 bits per heavy atom. The van der Waals surface area contributed by atoms with Crippen molar-refractivity contribution in [3.8, 4) is 5.75 Å². The van der Waals surface area contributed by atoms with Crippen molar-refractivity contribution >= 4 is 40.9 Å². The van der Waals surface area contributed by atoms with Gasteiger partial charge in [-0.2, -0.15) is 8.78 Å². The maximum absolute atomic E-state index is 12.2. The van der Waals surface area contributed by atoms with Gasteiger partial charge >= 0.3 is 6.61 Å². The second-order valence-electron chi connectivity index (χ2n) is 6.29. The Morgan fingerprint density at radius 3 is 2.53 bits per heavy atom. The molecule has 0 saturated heterocycles. The lowest BCUT2D eigenvalue weighted by atomic mass is 10.1. The number of hydrogen-bond acceptors (Lipinski definition) is 4. The number of aliphatic imine (C=N–C) groups is 1. The van der Waals surface area contributed by atoms with Gasteiger partial charge in [0.05, 0.1) is 6.10 Å². The summed E-state index contributed by atoms with van der Waals surface area (Å²) in [6.45, 7) is 0.261. The van der Waals surface area contributed by atoms with Crippen LogP contribution in [0.4, 0.5) is 8.78 Å². The van der Waals surface area contributed by atoms with Crippen LogP contribution in [0.1, 0.15) is 24.4 Å². The Labute approximate surface area is 190 Å². The lowest BCUT2D eigenvalue weighted by Gasteiger charge is -2.16. The van der Waals surface area contributed by atoms with Crippen molar-refractivity contribution in [3.05, 3.63) is 65.9 Å². The summed E-state index contributed by atoms with van der Waals surface area (Å²) in [4.78, 5) is 4.48. The summed E-state index contributed by atoms with van der Waals surface area (Å²) in [6.07, 6.45) is -0.842. The quantitative estimate of drug-likeness (QED) is 0.228. The van der Waals surface area contributed by atoms with E-state index in [0.29, 0.717) is 24.6 Å². The molecular formula is C21H24F2IN3O3. The van der Waals surface area contributed by atoms with Gasteiger partial charge in [-0.1, -0.05) is 30.3 Å². The summed E-state index contributed by atoms with van der Waals surface area (Å²) >= 11 is 0. The molecule has 0 radical (unpaired) electrons. The van der Waals surface area contributed by atoms with Crippen molar-refractivity contribution in [1.29, 1.82) is 0 Å². The highest BCUT2D eigenvalue weighted by Crippen LogP contribution is 2.20. The standard InChI is InChI=1S/C21H23F2N3O3.HI/c1-2-24-21(25-12-17-11-15-5-3-4-6-19(15)28-17)26-13-18(27)14-7-9-16(10-8-14)29-20(22)23;/h3-11,18,20,27H,2,12-13H2,1H3,(H2,24,25,26);1H. The predicted octanol–water partition coefficient (Wildman–Crippen LogP) is 4.44. The number of para-hydroxylation sites is 1. The summed E-state index contributed by atoms with van der Waals surface area (Å²) in [6, 6.07) is 15.6. The molecule has 0 aliphatic rings. The van der Waals surface area contributed by atoms with E-state index in [9.17, 15) is 13.9 Å². The summed E-state index contributed by atoms with van der Waals surface area (Å²) in [5.41, 5.74) is 1.39. The molecule has 162 valence electrons. The average molecular weight is 531 g/mol. The molecule has 0 saturated carbocycles. The minimum Gasteiger partial charge on any atom is -0.459 e. The lowest BCUT2D eigenvalue weighted by Crippen LogP contribution is -2.39. The number of ether oxygens (including phenoxy) is 1. The van der Waals surface area contributed by atoms with Crippen LogP contribution in [0.25, 0.3) is 11.0 Å². The first kappa shape index (κ1) is 23.9. The van der Waals surface area contributed by atoms with E-state index in [1.54, 1.807) is 12.1 Å². The third kappa shape index (κ3) is 6.84. The second kappa shape index (κ2) is 11.7. The second-order valence-corrected chi connectivity index (χ2v) is 6.29. The van der Waals surface area contributed by atoms with E-state index in [1.165, 1.54) is 12.1 Å². The Kier molecular flexibility index (Phi) is 9.31. The van der Waals surface area contributed by atoms with Gasteiger partial charge in [0.2, 0.25) is 0 Å². The Morgan fingerprint density at radius 1 is 1.13 bits per heavy atom. The fraction of sp³-hybridized carbons (Fsp3) is 0.286. The zero-order valence-electron chi connectivity index (χ0n) is 16.3. The summed E-state index contributed by atoms with van der Waals surface area (Å²) < 4.78 is 34.5. The van der Waals surface area contributed by atoms with Crippen molar-refractivity contribution in [3.63, 3.8) is 0 Å². The largest absolute Gasteiger partial charge is 0.459 e. The van der Waals surface area contributed by atoms with E-state index in [1.807, 2.05) is 37.3 Å². The third-order valence-corrected chi connectivity index (χ3v) is 4.17. The van der Waals surface area contributed by atoms with Gasteiger partial charge in [-0.15, -0.1) is 24.0 Å². The zero-order chi connectivity index (χ0) is 20.6. The van der Waals surface area contributed by atoms with Crippen LogP contribution in [0, 0.1) is 0 Å². The van der Waals surface area contributed by atoms with Gasteiger partial charge in [0.1, 0.15) is 23.6 Å². The number of furan rings is 1. The summed E-state index contributed by atoms with van der Waals surface area (Å²) in [7, 11) is 0. The molecular weight excluding hydrogens is 507 g/mol. The first-order valence-electron chi connectivity index (χ1n) is 9.27. The zero-order valence-corrected chi connectivity index (χ0v) is 18.7. The average Bonchev–Trinajstić information content (AvgIpc) is 3.13. The molecule has 3 rings (SSSR count). The first-order valence-corrected chi connectivity index (χ1v) is 9.27. The van der Waals surface area contributed by atoms with Gasteiger partial charge in [0.25, 0.3) is 0 Å². The SMILES string of the molecule is CCNC(=NCc1cc2ccccc2o1)NCC(O)c1ccc(OC(F)F)cc1.I. The number of fused-ring (bicyclic) bond motifs is 1. The van der Waals surface area contributed by atoms with Gasteiger partial charge in [-0.3, -0.25) is 0 Å². The van der Waals surface area contributed by atoms with Gasteiger partial charge in [-0.25, -0.2) is 4.99 Å². The Hall–Kier alpha value is -2.40. The van der Waals surface area contributed by atoms with Crippen LogP contribution < -0.4 is 15.4 Å². The number of hydrogen-bond donors (Lipinski definition) is 3. The number of nitrogens with zero attached hydrogens (tertiary/aromatic N) is 1. The van der Waals surface area contributed by atoms with Gasteiger partial charge in [-0.05, 0) is 36.8 Å². The van der Waals surface area contributed by atoms with Crippen LogP contribution in [-0.2, 0) is 6.54 Å². The number of aliphatic hydroxyl groups excluding tert-OH is 1. The third-order valence-electron chi connectivity index (χ3n) is 4.17. The molecule has 0 spiro atoms. The molecule has 30 heavy (non-hydrogen) atoms. The summed E-state index contributed by atoms with van der Waals surface area (Å²) in [5.74, 6) is 1.31. The highest BCUT2D eigenvalue weighted by Gasteiger charge is 2.10. The van der Waals surface area contributed by atoms with E-state index in [4.69, 9.17) is 4.42 Å². The molecule has 1 unspecified atom stereocenters. The monoisotopic (exact) mass is 531 g/mol. The van der Waals surface area contributed by atoms with Crippen LogP contribution >= 0.6 is 24.0 Å². The smallest absolute Gasteiger partial charge is 0.387 e. The molecule has 6 nitrogen and oxygen atoms in total. The van der Waals surface area contributed by atoms with Crippen LogP contribution in [0.2, 0.25) is 0 Å². The summed E-state index contributed by atoms with van der Waals surface area (Å²) in [5, 5.41) is 17.5. The fourth-order valence-electron chi connectivity index (χ4n) is 2.80. The number of nitrogens with one attached hydrogen (secondary N) is 2. The number of rotatable bonds is 8. The molecule has 3 N–H and O–H groups in total. The van der Waals surface area contributed by atoms with Crippen LogP contribution in [0.5, 0.6) is 5.75 Å². The van der Waals surface area contributed by atoms with Crippen LogP contribution in [0.15, 0.2) is 64.0 Å². The fourth-order valence-corrected chi connectivity index (χ4v) is 2.80. The molecule has 1 heterocycles. The van der Waals surface area contributed by atoms with Gasteiger partial charge < -0.3 is 24.9 Å². The van der Waals surface area contributed by atoms with Crippen molar-refractivity contribution in [2.75, 3.05) is 13.1 Å². The number of guanidine groups is 1. The van der Waals surface area contributed by atoms with E-state index >= 15 is 0 Å². The minimum atomic E-state index is -2.88. The number of halogens is 3. The molecule has 0 aliphatic heterocycles. The van der Waals surface area contributed by atoms with Crippen molar-refractivity contribution in [2.24, 2.45) is 4.99 Å². The van der Waals surface area contributed by atoms with Gasteiger partial charge in [0.15, 0.2) is 5.96 Å². The first-order chi connectivity index (χ1) is 14.0. The topological polar surface area (TPSA) is 79.0 Å². The molecule has 2 aromatic carbocycles. The Bertz CT molecular complexity index is 915. The van der Waals surface area contributed by atoms with Crippen molar-refractivity contribution in [1.82, 2.24) is 10.6 Å². The molecule has 9 heteroatoms. The molecule has 0 bridgehead atoms. The molecule has 1 aromatic heterocycles. The van der Waals surface area contributed by atoms with Crippen molar-refractivity contribution in [2.45, 2.75) is 26.2 Å². The van der Waals surface area contributed by atoms with E-state index in [0.717, 1.165) is 16.7 Å². The van der Waals surface area contributed by atoms with Crippen LogP contribution in [-0.4, -0.2) is 30.8 Å². The van der Waals surface area contributed by atoms with Gasteiger partial charge in [0, 0.05) is 18.5 Å². The molecule has 3 aromatic rings. The van der Waals surface area contributed by atoms with E-state index < -0.39 is 12.7 Å². The number of aliphatic hydroxyl groups is 1. The maximum Gasteiger partial charge on any atom is 0.387 e. The number of benzene rings is 2. The lowest BCUT2D eigenvalue weighted by molar-refractivity contribution is -0.0498. The molecule has 0 aliphatic carbocycles. The number of alkyl halides is 2. The predicted molar refractivity (Wildman–Crippen MR) is 122 cm³/mol.